The van der Waals surface area contributed by atoms with E-state index in [2.05, 4.69) is 0 Å². The molecule has 0 spiro atoms. The Morgan fingerprint density at radius 3 is 2.07 bits per heavy atom. The molecule has 0 atom stereocenters. The second kappa shape index (κ2) is 7.53. The van der Waals surface area contributed by atoms with Crippen LogP contribution < -0.4 is 0 Å². The van der Waals surface area contributed by atoms with Gasteiger partial charge in [0, 0.05) is 22.6 Å². The number of hydrogen-bond donors (Lipinski definition) is 0. The summed E-state index contributed by atoms with van der Waals surface area (Å²) in [5.74, 6) is -1.85. The lowest BCUT2D eigenvalue weighted by atomic mass is 10.1. The summed E-state index contributed by atoms with van der Waals surface area (Å²) in [6, 6.07) is 12.6. The molecule has 1 heterocycles. The lowest BCUT2D eigenvalue weighted by molar-refractivity contribution is 0.0474. The Labute approximate surface area is 155 Å². The molecule has 4 nitrogen and oxygen atoms in total. The minimum absolute atomic E-state index is 0.265. The van der Waals surface area contributed by atoms with Crippen molar-refractivity contribution >= 4 is 11.8 Å². The minimum Gasteiger partial charge on any atom is -0.454 e. The quantitative estimate of drug-likeness (QED) is 0.494. The maximum atomic E-state index is 13.1. The van der Waals surface area contributed by atoms with Crippen molar-refractivity contribution in [3.8, 4) is 5.69 Å². The number of Topliss-reactive ketones (excluding diaryl/α,β-unsaturated/α-hetero) is 1. The predicted octanol–water partition coefficient (Wildman–Crippen LogP) is 4.41. The first kappa shape index (κ1) is 18.5. The SMILES string of the molecule is Cc1cc(C(=O)OCC(=O)c2ccc(F)cc2)c(C)n1-c1ccc(F)cc1. The van der Waals surface area contributed by atoms with Crippen LogP contribution in [0.5, 0.6) is 0 Å². The molecule has 0 N–H and O–H groups in total. The molecule has 0 amide bonds. The van der Waals surface area contributed by atoms with Crippen molar-refractivity contribution in [1.82, 2.24) is 4.57 Å². The van der Waals surface area contributed by atoms with E-state index in [1.54, 1.807) is 29.7 Å². The highest BCUT2D eigenvalue weighted by Crippen LogP contribution is 2.22. The van der Waals surface area contributed by atoms with Crippen molar-refractivity contribution in [3.05, 3.63) is 88.7 Å². The van der Waals surface area contributed by atoms with Crippen LogP contribution in [0.1, 0.15) is 32.1 Å². The van der Waals surface area contributed by atoms with Gasteiger partial charge in [0.1, 0.15) is 11.6 Å². The van der Waals surface area contributed by atoms with Crippen LogP contribution in [-0.2, 0) is 4.74 Å². The number of carbonyl (C=O) groups excluding carboxylic acids is 2. The Morgan fingerprint density at radius 2 is 1.48 bits per heavy atom. The maximum absolute atomic E-state index is 13.1. The predicted molar refractivity (Wildman–Crippen MR) is 96.2 cm³/mol. The van der Waals surface area contributed by atoms with E-state index in [4.69, 9.17) is 4.74 Å². The maximum Gasteiger partial charge on any atom is 0.340 e. The number of halogens is 2. The molecule has 0 aliphatic heterocycles. The van der Waals surface area contributed by atoms with Crippen molar-refractivity contribution < 1.29 is 23.1 Å². The molecule has 0 fully saturated rings. The summed E-state index contributed by atoms with van der Waals surface area (Å²) in [4.78, 5) is 24.5. The fourth-order valence-electron chi connectivity index (χ4n) is 2.88. The Bertz CT molecular complexity index is 990. The third-order valence-electron chi connectivity index (χ3n) is 4.24. The minimum atomic E-state index is -0.632. The van der Waals surface area contributed by atoms with E-state index in [1.807, 2.05) is 6.92 Å². The van der Waals surface area contributed by atoms with Crippen LogP contribution in [0.15, 0.2) is 54.6 Å². The van der Waals surface area contributed by atoms with Crippen molar-refractivity contribution in [1.29, 1.82) is 0 Å². The number of hydrogen-bond acceptors (Lipinski definition) is 3. The summed E-state index contributed by atoms with van der Waals surface area (Å²) in [6.07, 6.45) is 0. The second-order valence-corrected chi connectivity index (χ2v) is 6.10. The first-order chi connectivity index (χ1) is 12.9. The van der Waals surface area contributed by atoms with Gasteiger partial charge in [-0.3, -0.25) is 4.79 Å². The van der Waals surface area contributed by atoms with E-state index in [0.29, 0.717) is 16.9 Å². The van der Waals surface area contributed by atoms with Crippen LogP contribution in [-0.4, -0.2) is 22.9 Å². The van der Waals surface area contributed by atoms with E-state index >= 15 is 0 Å². The van der Waals surface area contributed by atoms with Gasteiger partial charge < -0.3 is 9.30 Å². The van der Waals surface area contributed by atoms with E-state index < -0.39 is 24.2 Å². The molecule has 3 aromatic rings. The summed E-state index contributed by atoms with van der Waals surface area (Å²) >= 11 is 0. The number of aryl methyl sites for hydroxylation is 1. The van der Waals surface area contributed by atoms with Crippen LogP contribution >= 0.6 is 0 Å². The monoisotopic (exact) mass is 369 g/mol. The van der Waals surface area contributed by atoms with Gasteiger partial charge in [0.25, 0.3) is 0 Å². The van der Waals surface area contributed by atoms with Crippen LogP contribution in [0.2, 0.25) is 0 Å². The van der Waals surface area contributed by atoms with Crippen LogP contribution in [0.4, 0.5) is 8.78 Å². The first-order valence-corrected chi connectivity index (χ1v) is 8.27. The molecule has 0 bridgehead atoms. The third-order valence-corrected chi connectivity index (χ3v) is 4.24. The van der Waals surface area contributed by atoms with Crippen molar-refractivity contribution in [2.45, 2.75) is 13.8 Å². The number of nitrogens with zero attached hydrogens (tertiary/aromatic N) is 1. The van der Waals surface area contributed by atoms with Gasteiger partial charge in [-0.1, -0.05) is 0 Å². The van der Waals surface area contributed by atoms with Crippen LogP contribution in [0, 0.1) is 25.5 Å². The van der Waals surface area contributed by atoms with Gasteiger partial charge in [0.15, 0.2) is 12.4 Å². The van der Waals surface area contributed by atoms with Crippen molar-refractivity contribution in [3.63, 3.8) is 0 Å². The molecule has 0 saturated heterocycles. The van der Waals surface area contributed by atoms with Gasteiger partial charge >= 0.3 is 5.97 Å². The summed E-state index contributed by atoms with van der Waals surface area (Å²) in [5, 5.41) is 0. The molecular weight excluding hydrogens is 352 g/mol. The molecule has 0 unspecified atom stereocenters. The molecule has 0 saturated carbocycles. The third kappa shape index (κ3) is 3.95. The standard InChI is InChI=1S/C21H17F2NO3/c1-13-11-19(14(2)24(13)18-9-7-17(23)8-10-18)21(26)27-12-20(25)15-3-5-16(22)6-4-15/h3-11H,12H2,1-2H3. The molecule has 27 heavy (non-hydrogen) atoms. The van der Waals surface area contributed by atoms with E-state index in [0.717, 1.165) is 5.69 Å². The Kier molecular flexibility index (Phi) is 5.16. The molecule has 6 heteroatoms. The number of carbonyl (C=O) groups is 2. The zero-order valence-corrected chi connectivity index (χ0v) is 14.8. The number of esters is 1. The number of ketones is 1. The Balaban J connectivity index is 1.75. The normalized spacial score (nSPS) is 10.7. The average Bonchev–Trinajstić information content (AvgIpc) is 2.95. The van der Waals surface area contributed by atoms with E-state index in [-0.39, 0.29) is 11.4 Å². The molecule has 2 aromatic carbocycles. The zero-order chi connectivity index (χ0) is 19.6. The van der Waals surface area contributed by atoms with E-state index in [1.165, 1.54) is 36.4 Å². The van der Waals surface area contributed by atoms with Gasteiger partial charge in [0.2, 0.25) is 0 Å². The summed E-state index contributed by atoms with van der Waals surface area (Å²) in [5.41, 5.74) is 2.70. The summed E-state index contributed by atoms with van der Waals surface area (Å²) in [7, 11) is 0. The molecule has 0 aliphatic rings. The number of aromatic nitrogens is 1. The fraction of sp³-hybridized carbons (Fsp3) is 0.143. The number of ether oxygens (including phenoxy) is 1. The van der Waals surface area contributed by atoms with Crippen LogP contribution in [0.25, 0.3) is 5.69 Å². The largest absolute Gasteiger partial charge is 0.454 e. The van der Waals surface area contributed by atoms with Crippen molar-refractivity contribution in [2.24, 2.45) is 0 Å². The lowest BCUT2D eigenvalue weighted by Crippen LogP contribution is -2.15. The fourth-order valence-corrected chi connectivity index (χ4v) is 2.88. The molecule has 0 radical (unpaired) electrons. The van der Waals surface area contributed by atoms with Crippen LogP contribution in [0.3, 0.4) is 0 Å². The smallest absolute Gasteiger partial charge is 0.340 e. The number of benzene rings is 2. The first-order valence-electron chi connectivity index (χ1n) is 8.27. The van der Waals surface area contributed by atoms with Gasteiger partial charge in [-0.25, -0.2) is 13.6 Å². The highest BCUT2D eigenvalue weighted by molar-refractivity contribution is 5.99. The summed E-state index contributed by atoms with van der Waals surface area (Å²) in [6.45, 7) is 3.12. The highest BCUT2D eigenvalue weighted by atomic mass is 19.1. The van der Waals surface area contributed by atoms with Gasteiger partial charge in [-0.15, -0.1) is 0 Å². The van der Waals surface area contributed by atoms with E-state index in [9.17, 15) is 18.4 Å². The van der Waals surface area contributed by atoms with Crippen molar-refractivity contribution in [2.75, 3.05) is 6.61 Å². The molecule has 0 aliphatic carbocycles. The van der Waals surface area contributed by atoms with Gasteiger partial charge in [-0.2, -0.15) is 0 Å². The highest BCUT2D eigenvalue weighted by Gasteiger charge is 2.19. The molecular formula is C21H17F2NO3. The number of rotatable bonds is 5. The Morgan fingerprint density at radius 1 is 0.926 bits per heavy atom. The average molecular weight is 369 g/mol. The second-order valence-electron chi connectivity index (χ2n) is 6.10. The van der Waals surface area contributed by atoms with Gasteiger partial charge in [-0.05, 0) is 68.4 Å². The molecule has 138 valence electrons. The van der Waals surface area contributed by atoms with Gasteiger partial charge in [0.05, 0.1) is 5.56 Å². The Hall–Kier alpha value is -3.28. The summed E-state index contributed by atoms with van der Waals surface area (Å²) < 4.78 is 33.0. The topological polar surface area (TPSA) is 48.3 Å². The molecule has 3 rings (SSSR count). The molecule has 1 aromatic heterocycles. The zero-order valence-electron chi connectivity index (χ0n) is 14.8. The lowest BCUT2D eigenvalue weighted by Gasteiger charge is -2.10.